The Morgan fingerprint density at radius 1 is 1.00 bits per heavy atom. The molecule has 0 radical (unpaired) electrons. The molecule has 0 bridgehead atoms. The zero-order chi connectivity index (χ0) is 33.3. The Morgan fingerprint density at radius 2 is 1.71 bits per heavy atom. The van der Waals surface area contributed by atoms with Crippen LogP contribution in [0.4, 0.5) is 5.69 Å². The van der Waals surface area contributed by atoms with Crippen LogP contribution in [0.3, 0.4) is 0 Å². The molecule has 0 N–H and O–H groups in total. The van der Waals surface area contributed by atoms with Gasteiger partial charge in [0.2, 0.25) is 0 Å². The van der Waals surface area contributed by atoms with E-state index in [-0.39, 0.29) is 11.9 Å². The summed E-state index contributed by atoms with van der Waals surface area (Å²) >= 11 is 7.55. The largest absolute Gasteiger partial charge is 0.493 e. The Hall–Kier alpha value is -3.91. The molecule has 0 unspecified atom stereocenters. The molecule has 2 saturated heterocycles. The second-order valence-electron chi connectivity index (χ2n) is 12.5. The number of hydrogen-bond acceptors (Lipinski definition) is 8. The normalized spacial score (nSPS) is 17.8. The van der Waals surface area contributed by atoms with Crippen molar-refractivity contribution in [3.63, 3.8) is 0 Å². The van der Waals surface area contributed by atoms with Crippen LogP contribution in [0, 0.1) is 11.3 Å². The Morgan fingerprint density at radius 3 is 2.38 bits per heavy atom. The highest BCUT2D eigenvalue weighted by atomic mass is 32.2. The molecule has 3 aliphatic heterocycles. The first-order valence-corrected chi connectivity index (χ1v) is 18.3. The van der Waals surface area contributed by atoms with Crippen LogP contribution in [-0.4, -0.2) is 95.9 Å². The molecule has 2 fully saturated rings. The summed E-state index contributed by atoms with van der Waals surface area (Å²) < 4.78 is 12.6. The maximum atomic E-state index is 13.1. The van der Waals surface area contributed by atoms with Crippen LogP contribution >= 0.6 is 24.0 Å². The first kappa shape index (κ1) is 34.0. The highest BCUT2D eigenvalue weighted by Gasteiger charge is 2.35. The lowest BCUT2D eigenvalue weighted by Crippen LogP contribution is -2.47. The Bertz CT molecular complexity index is 1600. The fraction of sp³-hybridized carbons (Fsp3) is 0.421. The molecular formula is C38H43N5O3S2. The van der Waals surface area contributed by atoms with Gasteiger partial charge in [-0.25, -0.2) is 0 Å². The van der Waals surface area contributed by atoms with Crippen LogP contribution in [0.1, 0.15) is 53.6 Å². The van der Waals surface area contributed by atoms with Crippen LogP contribution in [-0.2, 0) is 5.41 Å². The maximum Gasteiger partial charge on any atom is 0.256 e. The minimum Gasteiger partial charge on any atom is -0.493 e. The molecule has 6 rings (SSSR count). The van der Waals surface area contributed by atoms with Crippen molar-refractivity contribution in [2.24, 2.45) is 4.99 Å². The molecule has 0 spiro atoms. The van der Waals surface area contributed by atoms with E-state index in [2.05, 4.69) is 45.1 Å². The van der Waals surface area contributed by atoms with Crippen molar-refractivity contribution < 1.29 is 14.3 Å². The summed E-state index contributed by atoms with van der Waals surface area (Å²) in [7, 11) is 1.61. The lowest BCUT2D eigenvalue weighted by atomic mass is 9.74. The van der Waals surface area contributed by atoms with E-state index >= 15 is 0 Å². The number of nitrogens with zero attached hydrogens (tertiary/aromatic N) is 5. The summed E-state index contributed by atoms with van der Waals surface area (Å²) in [5.74, 6) is 1.98. The van der Waals surface area contributed by atoms with Crippen LogP contribution in [0.2, 0.25) is 0 Å². The highest BCUT2D eigenvalue weighted by Crippen LogP contribution is 2.39. The Kier molecular flexibility index (Phi) is 11.3. The minimum absolute atomic E-state index is 0.0152. The van der Waals surface area contributed by atoms with Gasteiger partial charge in [0.1, 0.15) is 9.74 Å². The number of hydrogen-bond donors (Lipinski definition) is 0. The number of piperazine rings is 1. The van der Waals surface area contributed by atoms with Gasteiger partial charge in [0.15, 0.2) is 11.5 Å². The van der Waals surface area contributed by atoms with Crippen molar-refractivity contribution in [1.82, 2.24) is 14.7 Å². The zero-order valence-electron chi connectivity index (χ0n) is 27.6. The predicted octanol–water partition coefficient (Wildman–Crippen LogP) is 6.71. The molecule has 3 aromatic carbocycles. The molecule has 8 nitrogen and oxygen atoms in total. The molecule has 3 heterocycles. The number of methoxy groups -OCH3 is 1. The lowest BCUT2D eigenvalue weighted by Gasteiger charge is -2.36. The van der Waals surface area contributed by atoms with Crippen molar-refractivity contribution in [1.29, 1.82) is 5.26 Å². The van der Waals surface area contributed by atoms with Gasteiger partial charge in [-0.2, -0.15) is 5.26 Å². The lowest BCUT2D eigenvalue weighted by molar-refractivity contribution is 0.0774. The summed E-state index contributed by atoms with van der Waals surface area (Å²) in [5.41, 5.74) is 2.56. The summed E-state index contributed by atoms with van der Waals surface area (Å²) in [5, 5.41) is 10.5. The Labute approximate surface area is 293 Å². The summed E-state index contributed by atoms with van der Waals surface area (Å²) in [6, 6.07) is 26.6. The van der Waals surface area contributed by atoms with Gasteiger partial charge in [0.25, 0.3) is 5.91 Å². The molecule has 10 heteroatoms. The van der Waals surface area contributed by atoms with Crippen LogP contribution in [0.15, 0.2) is 77.8 Å². The van der Waals surface area contributed by atoms with Gasteiger partial charge in [0, 0.05) is 50.8 Å². The molecule has 0 saturated carbocycles. The maximum absolute atomic E-state index is 13.1. The number of rotatable bonds is 12. The number of benzene rings is 3. The van der Waals surface area contributed by atoms with Gasteiger partial charge < -0.3 is 19.3 Å². The molecular weight excluding hydrogens is 639 g/mol. The third kappa shape index (κ3) is 7.54. The monoisotopic (exact) mass is 681 g/mol. The van der Waals surface area contributed by atoms with Crippen molar-refractivity contribution in [3.05, 3.63) is 89.5 Å². The van der Waals surface area contributed by atoms with Crippen molar-refractivity contribution >= 4 is 46.1 Å². The van der Waals surface area contributed by atoms with Crippen molar-refractivity contribution in [2.45, 2.75) is 43.6 Å². The second-order valence-corrected chi connectivity index (χ2v) is 14.2. The van der Waals surface area contributed by atoms with E-state index in [9.17, 15) is 10.1 Å². The fourth-order valence-electron chi connectivity index (χ4n) is 6.86. The van der Waals surface area contributed by atoms with E-state index in [0.29, 0.717) is 35.8 Å². The molecule has 0 aliphatic carbocycles. The van der Waals surface area contributed by atoms with Gasteiger partial charge in [-0.15, -0.1) is 0 Å². The van der Waals surface area contributed by atoms with Crippen LogP contribution in [0.25, 0.3) is 0 Å². The third-order valence-electron chi connectivity index (χ3n) is 9.64. The molecule has 0 aromatic heterocycles. The minimum atomic E-state index is -0.706. The number of amides is 1. The van der Waals surface area contributed by atoms with Crippen molar-refractivity contribution in [3.8, 4) is 17.6 Å². The number of thiocarbonyl (C=S) groups is 1. The highest BCUT2D eigenvalue weighted by molar-refractivity contribution is 8.22. The molecule has 1 atom stereocenters. The third-order valence-corrected chi connectivity index (χ3v) is 11.2. The Balaban J connectivity index is 0.931. The van der Waals surface area contributed by atoms with Crippen LogP contribution in [0.5, 0.6) is 11.5 Å². The fourth-order valence-corrected chi connectivity index (χ4v) is 8.24. The smallest absolute Gasteiger partial charge is 0.256 e. The standard InChI is InChI=1S/C38H43N5O3S2/c1-45-34-25-32-33(40-27-31-15-10-18-43(31)36(32)44)26-35(34)46-23-9-8-17-41-19-21-42(22-20-41)37(47)48-24-16-38(28-39,29-11-4-2-5-12-29)30-13-6-3-7-14-30/h2-7,11-14,25-27,31H,8-10,15-24H2,1H3/t31-/m0/s1. The van der Waals surface area contributed by atoms with E-state index < -0.39 is 5.41 Å². The van der Waals surface area contributed by atoms with E-state index in [4.69, 9.17) is 21.7 Å². The number of carbonyl (C=O) groups is 1. The number of nitriles is 1. The van der Waals surface area contributed by atoms with E-state index in [1.165, 1.54) is 0 Å². The van der Waals surface area contributed by atoms with E-state index in [1.54, 1.807) is 24.9 Å². The molecule has 3 aromatic rings. The van der Waals surface area contributed by atoms with E-state index in [0.717, 1.165) is 86.2 Å². The predicted molar refractivity (Wildman–Crippen MR) is 197 cm³/mol. The van der Waals surface area contributed by atoms with Gasteiger partial charge >= 0.3 is 0 Å². The molecule has 48 heavy (non-hydrogen) atoms. The topological polar surface area (TPSA) is 81.4 Å². The molecule has 1 amide bonds. The summed E-state index contributed by atoms with van der Waals surface area (Å²) in [6.45, 7) is 6.11. The summed E-state index contributed by atoms with van der Waals surface area (Å²) in [4.78, 5) is 24.5. The number of aliphatic imine (C=N–C) groups is 1. The summed E-state index contributed by atoms with van der Waals surface area (Å²) in [6.07, 6.45) is 6.49. The molecule has 3 aliphatic rings. The zero-order valence-corrected chi connectivity index (χ0v) is 29.2. The first-order valence-electron chi connectivity index (χ1n) is 16.9. The van der Waals surface area contributed by atoms with Gasteiger partial charge in [-0.3, -0.25) is 14.7 Å². The van der Waals surface area contributed by atoms with Crippen LogP contribution < -0.4 is 9.47 Å². The SMILES string of the molecule is COc1cc2c(cc1OCCCCN1CCN(C(=S)SCCC(C#N)(c3ccccc3)c3ccccc3)CC1)N=C[C@@H]1CCCN1C2=O. The quantitative estimate of drug-likeness (QED) is 0.154. The second kappa shape index (κ2) is 16.0. The number of thioether (sulfide) groups is 1. The number of ether oxygens (including phenoxy) is 2. The van der Waals surface area contributed by atoms with Gasteiger partial charge in [-0.05, 0) is 55.8 Å². The van der Waals surface area contributed by atoms with Gasteiger partial charge in [-0.1, -0.05) is 84.6 Å². The molecule has 250 valence electrons. The average Bonchev–Trinajstić information content (AvgIpc) is 3.57. The average molecular weight is 682 g/mol. The number of unbranched alkanes of at least 4 members (excludes halogenated alkanes) is 1. The van der Waals surface area contributed by atoms with E-state index in [1.807, 2.05) is 53.6 Å². The van der Waals surface area contributed by atoms with Crippen molar-refractivity contribution in [2.75, 3.05) is 58.7 Å². The first-order chi connectivity index (χ1) is 23.5. The number of carbonyl (C=O) groups excluding carboxylic acids is 1. The van der Waals surface area contributed by atoms with Gasteiger partial charge in [0.05, 0.1) is 37.1 Å². The number of fused-ring (bicyclic) bond motifs is 2.